The van der Waals surface area contributed by atoms with Gasteiger partial charge in [-0.05, 0) is 31.0 Å². The van der Waals surface area contributed by atoms with Gasteiger partial charge in [0.1, 0.15) is 5.75 Å². The lowest BCUT2D eigenvalue weighted by Crippen LogP contribution is -2.29. The summed E-state index contributed by atoms with van der Waals surface area (Å²) in [7, 11) is 0. The Morgan fingerprint density at radius 3 is 2.47 bits per heavy atom. The number of hydrogen-bond donors (Lipinski definition) is 2. The molecule has 3 N–H and O–H groups in total. The summed E-state index contributed by atoms with van der Waals surface area (Å²) in [6.45, 7) is 0.508. The van der Waals surface area contributed by atoms with Crippen molar-refractivity contribution in [2.24, 2.45) is 5.84 Å². The summed E-state index contributed by atoms with van der Waals surface area (Å²) in [6, 6.07) is 5.03. The highest BCUT2D eigenvalue weighted by atomic mass is 35.5. The zero-order valence-electron chi connectivity index (χ0n) is 9.21. The Morgan fingerprint density at radius 2 is 1.88 bits per heavy atom. The minimum absolute atomic E-state index is 0.171. The van der Waals surface area contributed by atoms with E-state index >= 15 is 0 Å². The molecule has 0 radical (unpaired) electrons. The normalized spacial score (nSPS) is 10.1. The van der Waals surface area contributed by atoms with Crippen molar-refractivity contribution in [2.45, 2.75) is 19.3 Å². The second-order valence-electron chi connectivity index (χ2n) is 3.48. The summed E-state index contributed by atoms with van der Waals surface area (Å²) in [5.41, 5.74) is 2.07. The Hall–Kier alpha value is -0.970. The second kappa shape index (κ2) is 7.37. The van der Waals surface area contributed by atoms with Crippen molar-refractivity contribution in [2.75, 3.05) is 6.61 Å². The Labute approximate surface area is 110 Å². The van der Waals surface area contributed by atoms with E-state index < -0.39 is 0 Å². The molecule has 0 aromatic heterocycles. The lowest BCUT2D eigenvalue weighted by Gasteiger charge is -2.06. The molecule has 0 saturated carbocycles. The summed E-state index contributed by atoms with van der Waals surface area (Å²) < 4.78 is 5.45. The Kier molecular flexibility index (Phi) is 6.11. The monoisotopic (exact) mass is 276 g/mol. The number of halogens is 2. The Bertz CT molecular complexity index is 365. The third-order valence-corrected chi connectivity index (χ3v) is 2.50. The van der Waals surface area contributed by atoms with Crippen LogP contribution >= 0.6 is 23.2 Å². The van der Waals surface area contributed by atoms with E-state index in [9.17, 15) is 4.79 Å². The lowest BCUT2D eigenvalue weighted by atomic mass is 10.2. The molecule has 17 heavy (non-hydrogen) atoms. The minimum atomic E-state index is -0.171. The molecule has 0 aliphatic carbocycles. The highest BCUT2D eigenvalue weighted by Gasteiger charge is 2.00. The van der Waals surface area contributed by atoms with Gasteiger partial charge in [0, 0.05) is 16.5 Å². The van der Waals surface area contributed by atoms with Crippen molar-refractivity contribution in [3.63, 3.8) is 0 Å². The van der Waals surface area contributed by atoms with Crippen LogP contribution in [-0.2, 0) is 4.79 Å². The van der Waals surface area contributed by atoms with Gasteiger partial charge in [-0.15, -0.1) is 0 Å². The number of carbonyl (C=O) groups excluding carboxylic acids is 1. The fourth-order valence-electron chi connectivity index (χ4n) is 1.26. The van der Waals surface area contributed by atoms with Crippen LogP contribution in [0, 0.1) is 0 Å². The maximum Gasteiger partial charge on any atom is 0.233 e. The summed E-state index contributed by atoms with van der Waals surface area (Å²) in [4.78, 5) is 10.8. The minimum Gasteiger partial charge on any atom is -0.493 e. The van der Waals surface area contributed by atoms with E-state index in [1.165, 1.54) is 0 Å². The van der Waals surface area contributed by atoms with Gasteiger partial charge >= 0.3 is 0 Å². The molecule has 0 fully saturated rings. The summed E-state index contributed by atoms with van der Waals surface area (Å²) >= 11 is 11.6. The van der Waals surface area contributed by atoms with Crippen LogP contribution in [0.4, 0.5) is 0 Å². The smallest absolute Gasteiger partial charge is 0.233 e. The van der Waals surface area contributed by atoms with E-state index in [0.717, 1.165) is 12.8 Å². The number of ether oxygens (including phenoxy) is 1. The first-order chi connectivity index (χ1) is 8.11. The van der Waals surface area contributed by atoms with Crippen LogP contribution < -0.4 is 16.0 Å². The molecule has 1 aromatic rings. The van der Waals surface area contributed by atoms with Crippen LogP contribution in [0.15, 0.2) is 18.2 Å². The molecule has 1 rings (SSSR count). The van der Waals surface area contributed by atoms with Gasteiger partial charge in [-0.2, -0.15) is 0 Å². The van der Waals surface area contributed by atoms with Crippen molar-refractivity contribution in [3.8, 4) is 5.75 Å². The molecule has 1 aromatic carbocycles. The number of amides is 1. The van der Waals surface area contributed by atoms with Crippen LogP contribution in [0.5, 0.6) is 5.75 Å². The van der Waals surface area contributed by atoms with Gasteiger partial charge in [0.05, 0.1) is 6.61 Å². The maximum atomic E-state index is 10.8. The van der Waals surface area contributed by atoms with Gasteiger partial charge in [0.2, 0.25) is 5.91 Å². The van der Waals surface area contributed by atoms with E-state index in [1.54, 1.807) is 18.2 Å². The molecule has 94 valence electrons. The van der Waals surface area contributed by atoms with Crippen LogP contribution in [-0.4, -0.2) is 12.5 Å². The highest BCUT2D eigenvalue weighted by Crippen LogP contribution is 2.24. The number of rotatable bonds is 6. The van der Waals surface area contributed by atoms with Crippen molar-refractivity contribution >= 4 is 29.1 Å². The lowest BCUT2D eigenvalue weighted by molar-refractivity contribution is -0.121. The van der Waals surface area contributed by atoms with Gasteiger partial charge in [-0.25, -0.2) is 5.84 Å². The zero-order valence-corrected chi connectivity index (χ0v) is 10.7. The largest absolute Gasteiger partial charge is 0.493 e. The van der Waals surface area contributed by atoms with Crippen LogP contribution in [0.3, 0.4) is 0 Å². The molecular weight excluding hydrogens is 263 g/mol. The molecule has 0 spiro atoms. The van der Waals surface area contributed by atoms with Gasteiger partial charge in [-0.1, -0.05) is 23.2 Å². The Balaban J connectivity index is 2.24. The van der Waals surface area contributed by atoms with Crippen molar-refractivity contribution in [1.29, 1.82) is 0 Å². The topological polar surface area (TPSA) is 64.3 Å². The molecular formula is C11H14Cl2N2O2. The molecule has 1 amide bonds. The van der Waals surface area contributed by atoms with E-state index in [-0.39, 0.29) is 5.91 Å². The highest BCUT2D eigenvalue weighted by molar-refractivity contribution is 6.34. The SMILES string of the molecule is NNC(=O)CCCCOc1cc(Cl)cc(Cl)c1. The number of hydrogen-bond acceptors (Lipinski definition) is 3. The molecule has 0 bridgehead atoms. The molecule has 0 aliphatic heterocycles. The average molecular weight is 277 g/mol. The third kappa shape index (κ3) is 5.77. The van der Waals surface area contributed by atoms with E-state index in [0.29, 0.717) is 28.8 Å². The van der Waals surface area contributed by atoms with E-state index in [1.807, 2.05) is 0 Å². The van der Waals surface area contributed by atoms with Crippen LogP contribution in [0.1, 0.15) is 19.3 Å². The third-order valence-electron chi connectivity index (χ3n) is 2.06. The quantitative estimate of drug-likeness (QED) is 0.363. The Morgan fingerprint density at radius 1 is 1.24 bits per heavy atom. The number of benzene rings is 1. The van der Waals surface area contributed by atoms with Crippen molar-refractivity contribution in [3.05, 3.63) is 28.2 Å². The number of nitrogens with one attached hydrogen (secondary N) is 1. The van der Waals surface area contributed by atoms with Gasteiger partial charge < -0.3 is 4.74 Å². The molecule has 0 aliphatic rings. The average Bonchev–Trinajstić information content (AvgIpc) is 2.27. The first-order valence-electron chi connectivity index (χ1n) is 5.20. The maximum absolute atomic E-state index is 10.8. The fraction of sp³-hybridized carbons (Fsp3) is 0.364. The zero-order chi connectivity index (χ0) is 12.7. The molecule has 0 heterocycles. The molecule has 0 unspecified atom stereocenters. The van der Waals surface area contributed by atoms with Crippen molar-refractivity contribution in [1.82, 2.24) is 5.43 Å². The standard InChI is InChI=1S/C11H14Cl2N2O2/c12-8-5-9(13)7-10(6-8)17-4-2-1-3-11(16)15-14/h5-7H,1-4,14H2,(H,15,16). The summed E-state index contributed by atoms with van der Waals surface area (Å²) in [6.07, 6.45) is 1.88. The molecule has 0 atom stereocenters. The fourth-order valence-corrected chi connectivity index (χ4v) is 1.77. The van der Waals surface area contributed by atoms with E-state index in [4.69, 9.17) is 33.8 Å². The number of nitrogens with two attached hydrogens (primary N) is 1. The number of carbonyl (C=O) groups is 1. The van der Waals surface area contributed by atoms with Crippen LogP contribution in [0.2, 0.25) is 10.0 Å². The van der Waals surface area contributed by atoms with Crippen molar-refractivity contribution < 1.29 is 9.53 Å². The van der Waals surface area contributed by atoms with E-state index in [2.05, 4.69) is 5.43 Å². The summed E-state index contributed by atoms with van der Waals surface area (Å²) in [5, 5.41) is 1.07. The summed E-state index contributed by atoms with van der Waals surface area (Å²) in [5.74, 6) is 5.41. The van der Waals surface area contributed by atoms with Gasteiger partial charge in [-0.3, -0.25) is 10.2 Å². The predicted octanol–water partition coefficient (Wildman–Crippen LogP) is 2.53. The molecule has 0 saturated heterocycles. The van der Waals surface area contributed by atoms with Gasteiger partial charge in [0.15, 0.2) is 0 Å². The second-order valence-corrected chi connectivity index (χ2v) is 4.35. The molecule has 6 heteroatoms. The van der Waals surface area contributed by atoms with Gasteiger partial charge in [0.25, 0.3) is 0 Å². The number of unbranched alkanes of at least 4 members (excludes halogenated alkanes) is 1. The number of hydrazine groups is 1. The first-order valence-corrected chi connectivity index (χ1v) is 5.96. The van der Waals surface area contributed by atoms with Crippen LogP contribution in [0.25, 0.3) is 0 Å². The predicted molar refractivity (Wildman–Crippen MR) is 68.1 cm³/mol. The first kappa shape index (κ1) is 14.1. The molecule has 4 nitrogen and oxygen atoms in total.